The van der Waals surface area contributed by atoms with Gasteiger partial charge in [-0.1, -0.05) is 0 Å². The van der Waals surface area contributed by atoms with Crippen molar-refractivity contribution in [3.05, 3.63) is 51.0 Å². The predicted molar refractivity (Wildman–Crippen MR) is 78.5 cm³/mol. The molecule has 0 bridgehead atoms. The second-order valence-corrected chi connectivity index (χ2v) is 5.00. The van der Waals surface area contributed by atoms with Crippen molar-refractivity contribution >= 4 is 33.3 Å². The van der Waals surface area contributed by atoms with Gasteiger partial charge in [0.1, 0.15) is 0 Å². The molecule has 0 spiro atoms. The van der Waals surface area contributed by atoms with E-state index < -0.39 is 10.9 Å². The fraction of sp³-hybridized carbons (Fsp3) is 0.167. The van der Waals surface area contributed by atoms with Crippen molar-refractivity contribution in [3.8, 4) is 0 Å². The van der Waals surface area contributed by atoms with E-state index in [1.54, 1.807) is 10.6 Å². The Balaban J connectivity index is 1.93. The van der Waals surface area contributed by atoms with Gasteiger partial charge in [-0.25, -0.2) is 9.78 Å². The molecule has 2 N–H and O–H groups in total. The number of halogens is 1. The summed E-state index contributed by atoms with van der Waals surface area (Å²) in [6.45, 7) is 1.04. The molecule has 2 aromatic rings. The van der Waals surface area contributed by atoms with E-state index in [1.165, 1.54) is 24.7 Å². The number of carbonyl (C=O) groups is 1. The number of benzene rings is 1. The zero-order valence-corrected chi connectivity index (χ0v) is 12.3. The lowest BCUT2D eigenvalue weighted by molar-refractivity contribution is -0.384. The summed E-state index contributed by atoms with van der Waals surface area (Å²) in [5, 5.41) is 22.5. The van der Waals surface area contributed by atoms with Crippen LogP contribution in [0.1, 0.15) is 10.5 Å². The van der Waals surface area contributed by atoms with Crippen LogP contribution >= 0.6 is 15.9 Å². The Morgan fingerprint density at radius 1 is 1.52 bits per heavy atom. The van der Waals surface area contributed by atoms with E-state index in [1.807, 2.05) is 0 Å². The Hall–Kier alpha value is -2.42. The number of non-ortho nitro benzene ring substituents is 1. The second kappa shape index (κ2) is 6.35. The van der Waals surface area contributed by atoms with E-state index in [0.717, 1.165) is 5.69 Å². The van der Waals surface area contributed by atoms with Crippen molar-refractivity contribution in [1.82, 2.24) is 9.55 Å². The lowest BCUT2D eigenvalue weighted by Crippen LogP contribution is -2.09. The molecule has 0 atom stereocenters. The fourth-order valence-corrected chi connectivity index (χ4v) is 2.18. The minimum absolute atomic E-state index is 0.00753. The summed E-state index contributed by atoms with van der Waals surface area (Å²) < 4.78 is 2.24. The van der Waals surface area contributed by atoms with Gasteiger partial charge in [0.05, 0.1) is 11.3 Å². The summed E-state index contributed by atoms with van der Waals surface area (Å²) in [5.74, 6) is -1.07. The molecule has 0 amide bonds. The first kappa shape index (κ1) is 15.0. The number of hydrogen-bond acceptors (Lipinski definition) is 5. The number of nitro benzene ring substituents is 1. The fourth-order valence-electron chi connectivity index (χ4n) is 1.67. The summed E-state index contributed by atoms with van der Waals surface area (Å²) in [4.78, 5) is 24.6. The molecule has 0 radical (unpaired) electrons. The van der Waals surface area contributed by atoms with E-state index in [-0.39, 0.29) is 11.4 Å². The maximum Gasteiger partial charge on any atom is 0.356 e. The topological polar surface area (TPSA) is 110 Å². The van der Waals surface area contributed by atoms with Crippen LogP contribution in [0.3, 0.4) is 0 Å². The maximum absolute atomic E-state index is 10.7. The third-order valence-electron chi connectivity index (χ3n) is 2.70. The molecule has 0 saturated heterocycles. The molecule has 0 fully saturated rings. The van der Waals surface area contributed by atoms with Crippen molar-refractivity contribution in [3.63, 3.8) is 0 Å². The first-order valence-corrected chi connectivity index (χ1v) is 6.69. The number of anilines is 1. The van der Waals surface area contributed by atoms with E-state index in [9.17, 15) is 14.9 Å². The molecule has 21 heavy (non-hydrogen) atoms. The molecule has 8 nitrogen and oxygen atoms in total. The largest absolute Gasteiger partial charge is 0.476 e. The van der Waals surface area contributed by atoms with Crippen LogP contribution in [0.2, 0.25) is 0 Å². The Labute approximate surface area is 127 Å². The van der Waals surface area contributed by atoms with E-state index in [2.05, 4.69) is 26.2 Å². The van der Waals surface area contributed by atoms with Gasteiger partial charge in [-0.2, -0.15) is 0 Å². The summed E-state index contributed by atoms with van der Waals surface area (Å²) >= 11 is 3.26. The number of nitrogens with zero attached hydrogens (tertiary/aromatic N) is 3. The molecule has 0 aliphatic carbocycles. The summed E-state index contributed by atoms with van der Waals surface area (Å²) in [7, 11) is 0. The molecule has 0 unspecified atom stereocenters. The second-order valence-electron chi connectivity index (χ2n) is 4.15. The summed E-state index contributed by atoms with van der Waals surface area (Å²) in [5.41, 5.74) is 0.721. The van der Waals surface area contributed by atoms with E-state index in [4.69, 9.17) is 5.11 Å². The van der Waals surface area contributed by atoms with Crippen LogP contribution in [0.15, 0.2) is 35.2 Å². The number of carboxylic acid groups (broad SMARTS) is 1. The van der Waals surface area contributed by atoms with Crippen molar-refractivity contribution < 1.29 is 14.8 Å². The quantitative estimate of drug-likeness (QED) is 0.608. The molecule has 110 valence electrons. The standard InChI is InChI=1S/C12H11BrN4O4/c13-9-5-8(17(20)21)1-2-10(9)14-3-4-16-6-11(12(18)19)15-7-16/h1-2,5-7,14H,3-4H2,(H,18,19). The highest BCUT2D eigenvalue weighted by atomic mass is 79.9. The van der Waals surface area contributed by atoms with Gasteiger partial charge in [0.15, 0.2) is 5.69 Å². The number of aromatic nitrogens is 2. The number of carboxylic acids is 1. The number of aromatic carboxylic acids is 1. The van der Waals surface area contributed by atoms with Crippen molar-refractivity contribution in [2.24, 2.45) is 0 Å². The monoisotopic (exact) mass is 354 g/mol. The normalized spacial score (nSPS) is 10.3. The van der Waals surface area contributed by atoms with Crippen molar-refractivity contribution in [2.75, 3.05) is 11.9 Å². The molecule has 1 heterocycles. The van der Waals surface area contributed by atoms with Crippen LogP contribution in [-0.4, -0.2) is 32.1 Å². The third kappa shape index (κ3) is 3.78. The highest BCUT2D eigenvalue weighted by Gasteiger charge is 2.09. The molecule has 2 rings (SSSR count). The van der Waals surface area contributed by atoms with Crippen LogP contribution in [0.4, 0.5) is 11.4 Å². The minimum atomic E-state index is -1.07. The van der Waals surface area contributed by atoms with Crippen LogP contribution in [0, 0.1) is 10.1 Å². The zero-order chi connectivity index (χ0) is 15.4. The number of nitro groups is 1. The van der Waals surface area contributed by atoms with Crippen LogP contribution in [-0.2, 0) is 6.54 Å². The van der Waals surface area contributed by atoms with Crippen LogP contribution in [0.25, 0.3) is 0 Å². The molecule has 0 aliphatic rings. The average molecular weight is 355 g/mol. The molecule has 0 aliphatic heterocycles. The SMILES string of the molecule is O=C(O)c1cn(CCNc2ccc([N+](=O)[O-])cc2Br)cn1. The van der Waals surface area contributed by atoms with Gasteiger partial charge in [-0.3, -0.25) is 10.1 Å². The Morgan fingerprint density at radius 2 is 2.29 bits per heavy atom. The molecule has 0 saturated carbocycles. The van der Waals surface area contributed by atoms with Gasteiger partial charge < -0.3 is 15.0 Å². The van der Waals surface area contributed by atoms with Gasteiger partial charge in [-0.15, -0.1) is 0 Å². The minimum Gasteiger partial charge on any atom is -0.476 e. The molecule has 1 aromatic carbocycles. The maximum atomic E-state index is 10.7. The average Bonchev–Trinajstić information content (AvgIpc) is 2.89. The third-order valence-corrected chi connectivity index (χ3v) is 3.36. The molecule has 9 heteroatoms. The number of hydrogen-bond donors (Lipinski definition) is 2. The first-order chi connectivity index (χ1) is 9.97. The Morgan fingerprint density at radius 3 is 2.86 bits per heavy atom. The first-order valence-electron chi connectivity index (χ1n) is 5.90. The van der Waals surface area contributed by atoms with Gasteiger partial charge in [0.25, 0.3) is 5.69 Å². The Kier molecular flexibility index (Phi) is 4.53. The molecular weight excluding hydrogens is 344 g/mol. The van der Waals surface area contributed by atoms with E-state index in [0.29, 0.717) is 17.6 Å². The summed E-state index contributed by atoms with van der Waals surface area (Å²) in [6.07, 6.45) is 2.88. The van der Waals surface area contributed by atoms with Crippen molar-refractivity contribution in [2.45, 2.75) is 6.54 Å². The highest BCUT2D eigenvalue weighted by molar-refractivity contribution is 9.10. The Bertz CT molecular complexity index is 686. The van der Waals surface area contributed by atoms with Crippen molar-refractivity contribution in [1.29, 1.82) is 0 Å². The van der Waals surface area contributed by atoms with Crippen LogP contribution < -0.4 is 5.32 Å². The molecule has 1 aromatic heterocycles. The van der Waals surface area contributed by atoms with Gasteiger partial charge in [0.2, 0.25) is 0 Å². The smallest absolute Gasteiger partial charge is 0.356 e. The highest BCUT2D eigenvalue weighted by Crippen LogP contribution is 2.26. The summed E-state index contributed by atoms with van der Waals surface area (Å²) in [6, 6.07) is 4.44. The van der Waals surface area contributed by atoms with Crippen LogP contribution in [0.5, 0.6) is 0 Å². The number of nitrogens with one attached hydrogen (secondary N) is 1. The van der Waals surface area contributed by atoms with Gasteiger partial charge in [0, 0.05) is 41.6 Å². The number of imidazole rings is 1. The number of rotatable bonds is 6. The van der Waals surface area contributed by atoms with E-state index >= 15 is 0 Å². The van der Waals surface area contributed by atoms with Gasteiger partial charge in [-0.05, 0) is 22.0 Å². The zero-order valence-electron chi connectivity index (χ0n) is 10.7. The van der Waals surface area contributed by atoms with Gasteiger partial charge >= 0.3 is 5.97 Å². The molecular formula is C12H11BrN4O4. The lowest BCUT2D eigenvalue weighted by atomic mass is 10.3. The lowest BCUT2D eigenvalue weighted by Gasteiger charge is -2.08. The predicted octanol–water partition coefficient (Wildman–Crippen LogP) is 2.36.